The summed E-state index contributed by atoms with van der Waals surface area (Å²) >= 11 is 0. The van der Waals surface area contributed by atoms with E-state index in [9.17, 15) is 28.1 Å². The van der Waals surface area contributed by atoms with Crippen LogP contribution in [0.4, 0.5) is 30.6 Å². The lowest BCUT2D eigenvalue weighted by Gasteiger charge is -2.41. The van der Waals surface area contributed by atoms with Gasteiger partial charge < -0.3 is 20.7 Å². The molecular formula is C25H32F3N7O4. The summed E-state index contributed by atoms with van der Waals surface area (Å²) in [5.41, 5.74) is 5.99. The molecule has 0 bridgehead atoms. The van der Waals surface area contributed by atoms with Crippen molar-refractivity contribution in [1.82, 2.24) is 19.8 Å². The Bertz CT molecular complexity index is 1180. The summed E-state index contributed by atoms with van der Waals surface area (Å²) in [5, 5.41) is 14.6. The first kappa shape index (κ1) is 28.3. The molecule has 1 aliphatic heterocycles. The predicted molar refractivity (Wildman–Crippen MR) is 137 cm³/mol. The summed E-state index contributed by atoms with van der Waals surface area (Å²) in [4.78, 5) is 35.3. The zero-order valence-corrected chi connectivity index (χ0v) is 21.6. The van der Waals surface area contributed by atoms with Crippen LogP contribution in [-0.4, -0.2) is 69.2 Å². The predicted octanol–water partition coefficient (Wildman–Crippen LogP) is 3.74. The van der Waals surface area contributed by atoms with Crippen LogP contribution in [0.2, 0.25) is 0 Å². The van der Waals surface area contributed by atoms with E-state index in [-0.39, 0.29) is 52.8 Å². The zero-order chi connectivity index (χ0) is 28.2. The van der Waals surface area contributed by atoms with E-state index >= 15 is 0 Å². The van der Waals surface area contributed by atoms with Crippen LogP contribution in [-0.2, 0) is 17.8 Å². The number of nitrogens with zero attached hydrogens (tertiary/aromatic N) is 5. The van der Waals surface area contributed by atoms with Crippen LogP contribution in [0.15, 0.2) is 24.3 Å². The Morgan fingerprint density at radius 2 is 1.82 bits per heavy atom. The number of nitrogen functional groups attached to an aromatic ring is 1. The van der Waals surface area contributed by atoms with Gasteiger partial charge in [0.15, 0.2) is 0 Å². The number of ether oxygens (including phenoxy) is 1. The van der Waals surface area contributed by atoms with Crippen molar-refractivity contribution in [3.8, 4) is 5.75 Å². The number of piperazine rings is 1. The monoisotopic (exact) mass is 551 g/mol. The van der Waals surface area contributed by atoms with E-state index in [1.807, 2.05) is 4.90 Å². The molecule has 2 heterocycles. The molecule has 0 spiro atoms. The normalized spacial score (nSPS) is 20.5. The molecule has 2 aliphatic rings. The molecule has 14 heteroatoms. The molecule has 1 amide bonds. The number of nitrogens with one attached hydrogen (secondary N) is 1. The number of amides is 1. The van der Waals surface area contributed by atoms with E-state index < -0.39 is 11.3 Å². The minimum Gasteiger partial charge on any atom is -0.405 e. The first-order valence-corrected chi connectivity index (χ1v) is 12.9. The Kier molecular flexibility index (Phi) is 8.73. The summed E-state index contributed by atoms with van der Waals surface area (Å²) in [5.74, 6) is -0.415. The SMILES string of the molecule is CC(=O)N1CCN([C@H]2CC[C@H](Cc3nc(NCc4ccccc4OC(F)(F)F)nc(N)c3[N+](=O)[O-])CC2)CC1. The molecule has 4 rings (SSSR count). The van der Waals surface area contributed by atoms with Crippen LogP contribution in [0.5, 0.6) is 5.75 Å². The number of para-hydroxylation sites is 1. The van der Waals surface area contributed by atoms with E-state index in [2.05, 4.69) is 24.9 Å². The number of hydrogen-bond donors (Lipinski definition) is 2. The number of anilines is 2. The minimum absolute atomic E-state index is 0.00746. The first-order chi connectivity index (χ1) is 18.5. The summed E-state index contributed by atoms with van der Waals surface area (Å²) in [6.07, 6.45) is -0.886. The lowest BCUT2D eigenvalue weighted by molar-refractivity contribution is -0.385. The lowest BCUT2D eigenvalue weighted by atomic mass is 9.82. The van der Waals surface area contributed by atoms with E-state index in [1.54, 1.807) is 13.0 Å². The summed E-state index contributed by atoms with van der Waals surface area (Å²) < 4.78 is 42.3. The smallest absolute Gasteiger partial charge is 0.405 e. The van der Waals surface area contributed by atoms with E-state index in [1.165, 1.54) is 18.2 Å². The Balaban J connectivity index is 1.40. The fourth-order valence-electron chi connectivity index (χ4n) is 5.38. The number of aromatic nitrogens is 2. The number of carbonyl (C=O) groups excluding carboxylic acids is 1. The number of carbonyl (C=O) groups is 1. The van der Waals surface area contributed by atoms with Crippen molar-refractivity contribution >= 4 is 23.4 Å². The fraction of sp³-hybridized carbons (Fsp3) is 0.560. The van der Waals surface area contributed by atoms with Gasteiger partial charge in [-0.15, -0.1) is 13.2 Å². The Labute approximate surface area is 223 Å². The van der Waals surface area contributed by atoms with Gasteiger partial charge in [-0.3, -0.25) is 19.8 Å². The number of alkyl halides is 3. The van der Waals surface area contributed by atoms with Crippen molar-refractivity contribution in [2.24, 2.45) is 5.92 Å². The maximum absolute atomic E-state index is 12.7. The molecule has 1 saturated heterocycles. The summed E-state index contributed by atoms with van der Waals surface area (Å²) in [7, 11) is 0. The van der Waals surface area contributed by atoms with Crippen LogP contribution < -0.4 is 15.8 Å². The molecule has 3 N–H and O–H groups in total. The highest BCUT2D eigenvalue weighted by atomic mass is 19.4. The molecule has 11 nitrogen and oxygen atoms in total. The average molecular weight is 552 g/mol. The summed E-state index contributed by atoms with van der Waals surface area (Å²) in [6, 6.07) is 6.06. The average Bonchev–Trinajstić information content (AvgIpc) is 2.87. The van der Waals surface area contributed by atoms with E-state index in [4.69, 9.17) is 5.73 Å². The van der Waals surface area contributed by atoms with Crippen molar-refractivity contribution in [3.63, 3.8) is 0 Å². The molecule has 1 saturated carbocycles. The molecular weight excluding hydrogens is 519 g/mol. The van der Waals surface area contributed by atoms with Crippen LogP contribution in [0.3, 0.4) is 0 Å². The molecule has 0 unspecified atom stereocenters. The second-order valence-corrected chi connectivity index (χ2v) is 9.91. The molecule has 2 aromatic rings. The molecule has 1 aliphatic carbocycles. The van der Waals surface area contributed by atoms with Crippen molar-refractivity contribution < 1.29 is 27.6 Å². The Hall–Kier alpha value is -3.68. The molecule has 1 aromatic carbocycles. The molecule has 1 aromatic heterocycles. The molecule has 0 atom stereocenters. The van der Waals surface area contributed by atoms with Gasteiger partial charge >= 0.3 is 12.0 Å². The van der Waals surface area contributed by atoms with Crippen LogP contribution in [0, 0.1) is 16.0 Å². The highest BCUT2D eigenvalue weighted by Crippen LogP contribution is 2.34. The second kappa shape index (κ2) is 12.0. The molecule has 0 radical (unpaired) electrons. The Morgan fingerprint density at radius 3 is 2.44 bits per heavy atom. The third-order valence-electron chi connectivity index (χ3n) is 7.38. The number of nitro groups is 1. The fourth-order valence-corrected chi connectivity index (χ4v) is 5.38. The van der Waals surface area contributed by atoms with Crippen molar-refractivity contribution in [2.45, 2.75) is 58.0 Å². The molecule has 39 heavy (non-hydrogen) atoms. The van der Waals surface area contributed by atoms with Gasteiger partial charge in [-0.2, -0.15) is 4.98 Å². The number of nitrogens with two attached hydrogens (primary N) is 1. The standard InChI is InChI=1S/C25H32F3N7O4/c1-16(36)33-10-12-34(13-11-33)19-8-6-17(7-9-19)14-20-22(35(37)38)23(29)32-24(31-20)30-15-18-4-2-3-5-21(18)39-25(26,27)28/h2-5,17,19H,6-15H2,1H3,(H3,29,30,31,32)/t17-,19-. The quantitative estimate of drug-likeness (QED) is 0.371. The van der Waals surface area contributed by atoms with Crippen LogP contribution >= 0.6 is 0 Å². The lowest BCUT2D eigenvalue weighted by Crippen LogP contribution is -2.52. The number of halogens is 3. The largest absolute Gasteiger partial charge is 0.573 e. The molecule has 2 fully saturated rings. The van der Waals surface area contributed by atoms with Gasteiger partial charge in [-0.1, -0.05) is 18.2 Å². The van der Waals surface area contributed by atoms with Crippen molar-refractivity contribution in [1.29, 1.82) is 0 Å². The topological polar surface area (TPSA) is 140 Å². The van der Waals surface area contributed by atoms with Gasteiger partial charge in [0.1, 0.15) is 11.4 Å². The minimum atomic E-state index is -4.85. The third kappa shape index (κ3) is 7.46. The van der Waals surface area contributed by atoms with E-state index in [0.717, 1.165) is 51.9 Å². The van der Waals surface area contributed by atoms with Crippen molar-refractivity contribution in [3.05, 3.63) is 45.6 Å². The maximum Gasteiger partial charge on any atom is 0.573 e. The number of rotatable bonds is 8. The van der Waals surface area contributed by atoms with Gasteiger partial charge in [-0.25, -0.2) is 4.98 Å². The van der Waals surface area contributed by atoms with Gasteiger partial charge in [-0.05, 0) is 44.1 Å². The summed E-state index contributed by atoms with van der Waals surface area (Å²) in [6.45, 7) is 4.62. The third-order valence-corrected chi connectivity index (χ3v) is 7.38. The Morgan fingerprint density at radius 1 is 1.15 bits per heavy atom. The van der Waals surface area contributed by atoms with Crippen LogP contribution in [0.25, 0.3) is 0 Å². The molecule has 212 valence electrons. The number of hydrogen-bond acceptors (Lipinski definition) is 9. The van der Waals surface area contributed by atoms with Gasteiger partial charge in [0.25, 0.3) is 0 Å². The maximum atomic E-state index is 12.7. The van der Waals surface area contributed by atoms with Gasteiger partial charge in [0, 0.05) is 51.3 Å². The first-order valence-electron chi connectivity index (χ1n) is 12.9. The highest BCUT2D eigenvalue weighted by molar-refractivity contribution is 5.73. The van der Waals surface area contributed by atoms with Crippen LogP contribution in [0.1, 0.15) is 43.9 Å². The van der Waals surface area contributed by atoms with Gasteiger partial charge in [0.2, 0.25) is 17.7 Å². The van der Waals surface area contributed by atoms with E-state index in [0.29, 0.717) is 12.5 Å². The number of benzene rings is 1. The highest BCUT2D eigenvalue weighted by Gasteiger charge is 2.33. The van der Waals surface area contributed by atoms with Crippen molar-refractivity contribution in [2.75, 3.05) is 37.2 Å². The zero-order valence-electron chi connectivity index (χ0n) is 21.6. The van der Waals surface area contributed by atoms with Gasteiger partial charge in [0.05, 0.1) is 4.92 Å². The second-order valence-electron chi connectivity index (χ2n) is 9.91.